The molecule has 1 aliphatic carbocycles. The van der Waals surface area contributed by atoms with Gasteiger partial charge in [0.15, 0.2) is 11.1 Å². The van der Waals surface area contributed by atoms with Crippen molar-refractivity contribution >= 4 is 34.2 Å². The monoisotopic (exact) mass is 570 g/mol. The second-order valence-electron chi connectivity index (χ2n) is 11.6. The van der Waals surface area contributed by atoms with E-state index in [1.165, 1.54) is 0 Å². The number of pyridine rings is 2. The molecule has 0 unspecified atom stereocenters. The SMILES string of the molecule is Cc1cc([C@@H](C)Nc2ccc(Cl)nc2C(=O)OC(C)(C)C)c2oc(-c3ccc(C4(C#N)CC4)nc3)c(C)c(=O)c2c1. The van der Waals surface area contributed by atoms with Gasteiger partial charge in [0.05, 0.1) is 34.3 Å². The first kappa shape index (κ1) is 28.3. The number of anilines is 1. The van der Waals surface area contributed by atoms with Gasteiger partial charge >= 0.3 is 5.97 Å². The first-order chi connectivity index (χ1) is 19.3. The van der Waals surface area contributed by atoms with E-state index in [0.717, 1.165) is 29.7 Å². The van der Waals surface area contributed by atoms with Gasteiger partial charge in [0.1, 0.15) is 22.1 Å². The number of ether oxygens (including phenoxy) is 1. The molecule has 1 aromatic carbocycles. The third-order valence-corrected chi connectivity index (χ3v) is 7.37. The Morgan fingerprint density at radius 3 is 2.54 bits per heavy atom. The maximum absolute atomic E-state index is 13.6. The lowest BCUT2D eigenvalue weighted by atomic mass is 9.98. The van der Waals surface area contributed by atoms with Crippen LogP contribution in [0.15, 0.2) is 51.8 Å². The topological polar surface area (TPSA) is 118 Å². The minimum atomic E-state index is -0.713. The normalized spacial score (nSPS) is 14.8. The zero-order chi connectivity index (χ0) is 29.7. The molecule has 41 heavy (non-hydrogen) atoms. The van der Waals surface area contributed by atoms with Gasteiger partial charge in [0.2, 0.25) is 0 Å². The molecule has 0 bridgehead atoms. The van der Waals surface area contributed by atoms with Crippen molar-refractivity contribution < 1.29 is 13.9 Å². The van der Waals surface area contributed by atoms with E-state index in [-0.39, 0.29) is 16.3 Å². The van der Waals surface area contributed by atoms with Crippen molar-refractivity contribution in [3.05, 3.63) is 86.0 Å². The number of carbonyl (C=O) groups is 1. The molecular weight excluding hydrogens is 540 g/mol. The third kappa shape index (κ3) is 5.55. The quantitative estimate of drug-likeness (QED) is 0.191. The number of esters is 1. The molecule has 0 amide bonds. The van der Waals surface area contributed by atoms with Crippen LogP contribution in [0.4, 0.5) is 5.69 Å². The molecule has 3 aromatic heterocycles. The maximum Gasteiger partial charge on any atom is 0.359 e. The number of fused-ring (bicyclic) bond motifs is 1. The molecule has 1 fully saturated rings. The fraction of sp³-hybridized carbons (Fsp3) is 0.344. The van der Waals surface area contributed by atoms with Gasteiger partial charge in [-0.2, -0.15) is 5.26 Å². The van der Waals surface area contributed by atoms with Crippen LogP contribution in [0.3, 0.4) is 0 Å². The summed E-state index contributed by atoms with van der Waals surface area (Å²) in [4.78, 5) is 35.3. The first-order valence-electron chi connectivity index (χ1n) is 13.4. The Labute approximate surface area is 243 Å². The van der Waals surface area contributed by atoms with E-state index in [2.05, 4.69) is 21.4 Å². The van der Waals surface area contributed by atoms with Crippen molar-refractivity contribution in [1.29, 1.82) is 5.26 Å². The molecule has 3 heterocycles. The summed E-state index contributed by atoms with van der Waals surface area (Å²) < 4.78 is 12.0. The number of aromatic nitrogens is 2. The van der Waals surface area contributed by atoms with Crippen molar-refractivity contribution in [1.82, 2.24) is 9.97 Å². The fourth-order valence-electron chi connectivity index (χ4n) is 4.87. The molecule has 0 aliphatic heterocycles. The summed E-state index contributed by atoms with van der Waals surface area (Å²) in [7, 11) is 0. The summed E-state index contributed by atoms with van der Waals surface area (Å²) in [6.07, 6.45) is 3.25. The van der Waals surface area contributed by atoms with E-state index in [1.54, 1.807) is 46.0 Å². The minimum Gasteiger partial charge on any atom is -0.455 e. The molecule has 0 radical (unpaired) electrons. The van der Waals surface area contributed by atoms with Crippen LogP contribution in [0.5, 0.6) is 0 Å². The number of nitriles is 1. The highest BCUT2D eigenvalue weighted by molar-refractivity contribution is 6.29. The molecule has 1 saturated carbocycles. The van der Waals surface area contributed by atoms with Crippen molar-refractivity contribution in [2.75, 3.05) is 5.32 Å². The van der Waals surface area contributed by atoms with Gasteiger partial charge < -0.3 is 14.5 Å². The van der Waals surface area contributed by atoms with Crippen LogP contribution in [0, 0.1) is 25.2 Å². The first-order valence-corrected chi connectivity index (χ1v) is 13.8. The average Bonchev–Trinajstić information content (AvgIpc) is 3.72. The Hall–Kier alpha value is -4.22. The van der Waals surface area contributed by atoms with Crippen molar-refractivity contribution in [3.8, 4) is 17.4 Å². The molecule has 1 aliphatic rings. The van der Waals surface area contributed by atoms with Gasteiger partial charge in [-0.25, -0.2) is 9.78 Å². The highest BCUT2D eigenvalue weighted by Crippen LogP contribution is 2.46. The number of carbonyl (C=O) groups excluding carboxylic acids is 1. The van der Waals surface area contributed by atoms with E-state index in [1.807, 2.05) is 38.1 Å². The summed E-state index contributed by atoms with van der Waals surface area (Å²) in [5.74, 6) is -0.183. The standard InChI is InChI=1S/C32H31ClN4O4/c1-17-13-21(19(3)36-23-8-10-25(33)37-26(23)30(39)41-31(4,5)6)29-22(14-17)27(38)18(2)28(40-29)20-7-9-24(35-15-20)32(16-34)11-12-32/h7-10,13-15,19,36H,11-12H2,1-6H3/t19-/m1/s1. The number of aryl methyl sites for hydroxylation is 1. The number of halogens is 1. The van der Waals surface area contributed by atoms with Crippen LogP contribution in [-0.4, -0.2) is 21.5 Å². The van der Waals surface area contributed by atoms with Gasteiger partial charge in [-0.3, -0.25) is 9.78 Å². The van der Waals surface area contributed by atoms with Gasteiger partial charge in [0.25, 0.3) is 0 Å². The van der Waals surface area contributed by atoms with Gasteiger partial charge in [-0.05, 0) is 90.3 Å². The molecule has 0 spiro atoms. The van der Waals surface area contributed by atoms with Crippen LogP contribution in [0.25, 0.3) is 22.3 Å². The Kier molecular flexibility index (Phi) is 7.12. The fourth-order valence-corrected chi connectivity index (χ4v) is 5.02. The van der Waals surface area contributed by atoms with Gasteiger partial charge in [0, 0.05) is 22.9 Å². The van der Waals surface area contributed by atoms with Crippen LogP contribution in [0.2, 0.25) is 5.15 Å². The highest BCUT2D eigenvalue weighted by Gasteiger charge is 2.46. The smallest absolute Gasteiger partial charge is 0.359 e. The summed E-state index contributed by atoms with van der Waals surface area (Å²) in [6, 6.07) is 12.7. The zero-order valence-corrected chi connectivity index (χ0v) is 24.6. The summed E-state index contributed by atoms with van der Waals surface area (Å²) in [5, 5.41) is 13.5. The lowest BCUT2D eigenvalue weighted by Gasteiger charge is -2.22. The number of hydrogen-bond donors (Lipinski definition) is 1. The Balaban J connectivity index is 1.57. The molecule has 8 nitrogen and oxygen atoms in total. The maximum atomic E-state index is 13.6. The lowest BCUT2D eigenvalue weighted by molar-refractivity contribution is 0.00640. The summed E-state index contributed by atoms with van der Waals surface area (Å²) in [6.45, 7) is 10.9. The predicted molar refractivity (Wildman–Crippen MR) is 158 cm³/mol. The predicted octanol–water partition coefficient (Wildman–Crippen LogP) is 7.20. The van der Waals surface area contributed by atoms with Crippen LogP contribution in [0.1, 0.15) is 79.5 Å². The highest BCUT2D eigenvalue weighted by atomic mass is 35.5. The second kappa shape index (κ2) is 10.3. The number of hydrogen-bond acceptors (Lipinski definition) is 8. The molecule has 1 atom stereocenters. The van der Waals surface area contributed by atoms with Crippen LogP contribution in [-0.2, 0) is 10.2 Å². The number of nitrogens with one attached hydrogen (secondary N) is 1. The molecule has 0 saturated heterocycles. The summed E-state index contributed by atoms with van der Waals surface area (Å²) in [5.41, 5.74) is 3.05. The van der Waals surface area contributed by atoms with E-state index < -0.39 is 23.0 Å². The molecular formula is C32H31ClN4O4. The summed E-state index contributed by atoms with van der Waals surface area (Å²) >= 11 is 6.12. The van der Waals surface area contributed by atoms with E-state index >= 15 is 0 Å². The average molecular weight is 571 g/mol. The Bertz CT molecular complexity index is 1780. The molecule has 210 valence electrons. The lowest BCUT2D eigenvalue weighted by Crippen LogP contribution is -2.25. The van der Waals surface area contributed by atoms with E-state index in [0.29, 0.717) is 33.5 Å². The third-order valence-electron chi connectivity index (χ3n) is 7.16. The molecule has 4 aromatic rings. The van der Waals surface area contributed by atoms with Crippen LogP contribution >= 0.6 is 11.6 Å². The Morgan fingerprint density at radius 1 is 1.20 bits per heavy atom. The number of rotatable bonds is 6. The number of benzene rings is 1. The van der Waals surface area contributed by atoms with E-state index in [4.69, 9.17) is 20.8 Å². The number of nitrogens with zero attached hydrogens (tertiary/aromatic N) is 3. The Morgan fingerprint density at radius 2 is 1.93 bits per heavy atom. The zero-order valence-electron chi connectivity index (χ0n) is 23.9. The van der Waals surface area contributed by atoms with Crippen molar-refractivity contribution in [2.24, 2.45) is 0 Å². The van der Waals surface area contributed by atoms with Crippen LogP contribution < -0.4 is 10.7 Å². The molecule has 5 rings (SSSR count). The van der Waals surface area contributed by atoms with Gasteiger partial charge in [-0.15, -0.1) is 0 Å². The minimum absolute atomic E-state index is 0.0613. The van der Waals surface area contributed by atoms with Gasteiger partial charge in [-0.1, -0.05) is 17.7 Å². The van der Waals surface area contributed by atoms with Crippen molar-refractivity contribution in [2.45, 2.75) is 71.4 Å². The molecule has 9 heteroatoms. The molecule has 1 N–H and O–H groups in total. The second-order valence-corrected chi connectivity index (χ2v) is 12.0. The van der Waals surface area contributed by atoms with Crippen molar-refractivity contribution in [3.63, 3.8) is 0 Å². The van der Waals surface area contributed by atoms with E-state index in [9.17, 15) is 14.9 Å². The largest absolute Gasteiger partial charge is 0.455 e.